The highest BCUT2D eigenvalue weighted by molar-refractivity contribution is 7.92. The summed E-state index contributed by atoms with van der Waals surface area (Å²) in [5.74, 6) is -1.01. The number of H-pyrrole nitrogens is 1. The Morgan fingerprint density at radius 2 is 1.70 bits per heavy atom. The van der Waals surface area contributed by atoms with E-state index in [4.69, 9.17) is 23.2 Å². The molecule has 0 aliphatic carbocycles. The lowest BCUT2D eigenvalue weighted by Crippen LogP contribution is -2.24. The van der Waals surface area contributed by atoms with Crippen LogP contribution >= 0.6 is 23.2 Å². The third kappa shape index (κ3) is 2.68. The van der Waals surface area contributed by atoms with E-state index in [0.717, 1.165) is 4.90 Å². The van der Waals surface area contributed by atoms with Crippen molar-refractivity contribution in [3.05, 3.63) is 57.7 Å². The third-order valence-corrected chi connectivity index (χ3v) is 6.33. The molecule has 2 heterocycles. The number of nitrogens with zero attached hydrogens (tertiary/aromatic N) is 1. The minimum absolute atomic E-state index is 0.0505. The molecule has 2 aromatic carbocycles. The number of hydrogen-bond donors (Lipinski definition) is 2. The van der Waals surface area contributed by atoms with E-state index in [0.29, 0.717) is 20.9 Å². The maximum absolute atomic E-state index is 12.8. The van der Waals surface area contributed by atoms with Gasteiger partial charge >= 0.3 is 0 Å². The largest absolute Gasteiger partial charge is 0.358 e. The molecule has 0 saturated heterocycles. The maximum Gasteiger partial charge on any atom is 0.261 e. The van der Waals surface area contributed by atoms with Crippen LogP contribution in [0.15, 0.2) is 41.4 Å². The van der Waals surface area contributed by atoms with E-state index >= 15 is 0 Å². The zero-order valence-electron chi connectivity index (χ0n) is 13.7. The van der Waals surface area contributed by atoms with Crippen molar-refractivity contribution in [2.45, 2.75) is 4.90 Å². The van der Waals surface area contributed by atoms with Gasteiger partial charge in [0.25, 0.3) is 21.8 Å². The summed E-state index contributed by atoms with van der Waals surface area (Å²) in [7, 11) is -2.68. The van der Waals surface area contributed by atoms with Crippen LogP contribution in [0, 0.1) is 0 Å². The molecule has 0 unspecified atom stereocenters. The molecule has 0 spiro atoms. The zero-order valence-corrected chi connectivity index (χ0v) is 16.0. The van der Waals surface area contributed by atoms with E-state index in [9.17, 15) is 18.0 Å². The van der Waals surface area contributed by atoms with Crippen LogP contribution in [0.5, 0.6) is 0 Å². The second kappa shape index (κ2) is 5.98. The van der Waals surface area contributed by atoms with Gasteiger partial charge in [0.1, 0.15) is 0 Å². The Bertz CT molecular complexity index is 1250. The Hall–Kier alpha value is -2.55. The highest BCUT2D eigenvalue weighted by atomic mass is 35.5. The number of amides is 2. The number of aromatic amines is 1. The van der Waals surface area contributed by atoms with Crippen molar-refractivity contribution in [1.82, 2.24) is 9.88 Å². The number of anilines is 1. The number of rotatable bonds is 3. The van der Waals surface area contributed by atoms with Gasteiger partial charge in [0.05, 0.1) is 37.3 Å². The van der Waals surface area contributed by atoms with Crippen LogP contribution in [0.1, 0.15) is 20.7 Å². The number of carbonyl (C=O) groups excluding carboxylic acids is 2. The Balaban J connectivity index is 1.77. The predicted molar refractivity (Wildman–Crippen MR) is 102 cm³/mol. The number of imide groups is 1. The predicted octanol–water partition coefficient (Wildman–Crippen LogP) is 3.50. The molecule has 0 fully saturated rings. The van der Waals surface area contributed by atoms with E-state index in [-0.39, 0.29) is 21.7 Å². The minimum Gasteiger partial charge on any atom is -0.358 e. The first-order valence-corrected chi connectivity index (χ1v) is 9.89. The SMILES string of the molecule is CN1C(=O)c2ccc(S(=O)(=O)Nc3ccc(Cl)c4c(Cl)c[nH]c34)cc2C1=O. The number of aromatic nitrogens is 1. The third-order valence-electron chi connectivity index (χ3n) is 4.35. The highest BCUT2D eigenvalue weighted by Crippen LogP contribution is 2.35. The van der Waals surface area contributed by atoms with E-state index < -0.39 is 21.8 Å². The lowest BCUT2D eigenvalue weighted by atomic mass is 10.1. The van der Waals surface area contributed by atoms with Crippen LogP contribution in [0.2, 0.25) is 10.0 Å². The molecule has 0 saturated carbocycles. The Morgan fingerprint density at radius 3 is 2.44 bits per heavy atom. The summed E-state index contributed by atoms with van der Waals surface area (Å²) in [6.07, 6.45) is 1.51. The van der Waals surface area contributed by atoms with E-state index in [1.807, 2.05) is 0 Å². The molecule has 2 amide bonds. The van der Waals surface area contributed by atoms with Gasteiger partial charge in [0.15, 0.2) is 0 Å². The van der Waals surface area contributed by atoms with Crippen LogP contribution in [-0.2, 0) is 10.0 Å². The molecule has 1 aliphatic rings. The summed E-state index contributed by atoms with van der Waals surface area (Å²) in [5.41, 5.74) is 0.908. The van der Waals surface area contributed by atoms with Crippen LogP contribution in [0.4, 0.5) is 5.69 Å². The van der Waals surface area contributed by atoms with Gasteiger partial charge < -0.3 is 4.98 Å². The first-order chi connectivity index (χ1) is 12.7. The second-order valence-corrected chi connectivity index (χ2v) is 8.46. The van der Waals surface area contributed by atoms with E-state index in [2.05, 4.69) is 9.71 Å². The molecule has 0 bridgehead atoms. The Kier molecular flexibility index (Phi) is 3.95. The number of hydrogen-bond acceptors (Lipinski definition) is 4. The van der Waals surface area contributed by atoms with Crippen LogP contribution in [-0.4, -0.2) is 37.2 Å². The van der Waals surface area contributed by atoms with Gasteiger partial charge in [-0.15, -0.1) is 0 Å². The van der Waals surface area contributed by atoms with Crippen molar-refractivity contribution < 1.29 is 18.0 Å². The van der Waals surface area contributed by atoms with Gasteiger partial charge in [-0.05, 0) is 30.3 Å². The smallest absolute Gasteiger partial charge is 0.261 e. The van der Waals surface area contributed by atoms with Crippen LogP contribution in [0.3, 0.4) is 0 Å². The van der Waals surface area contributed by atoms with Gasteiger partial charge in [-0.1, -0.05) is 23.2 Å². The molecule has 4 rings (SSSR count). The first-order valence-electron chi connectivity index (χ1n) is 7.65. The van der Waals surface area contributed by atoms with Crippen molar-refractivity contribution >= 4 is 61.6 Å². The van der Waals surface area contributed by atoms with Crippen molar-refractivity contribution in [1.29, 1.82) is 0 Å². The molecule has 7 nitrogen and oxygen atoms in total. The van der Waals surface area contributed by atoms with Gasteiger partial charge in [-0.2, -0.15) is 0 Å². The molecule has 138 valence electrons. The summed E-state index contributed by atoms with van der Waals surface area (Å²) in [5, 5.41) is 1.24. The van der Waals surface area contributed by atoms with Crippen LogP contribution in [0.25, 0.3) is 10.9 Å². The van der Waals surface area contributed by atoms with Gasteiger partial charge in [-0.25, -0.2) is 8.42 Å². The molecule has 0 atom stereocenters. The second-order valence-electron chi connectivity index (χ2n) is 5.96. The number of carbonyl (C=O) groups is 2. The molecule has 10 heteroatoms. The standard InChI is InChI=1S/C17H11Cl2N3O4S/c1-22-16(23)9-3-2-8(6-10(9)17(22)24)27(25,26)21-13-5-4-11(18)14-12(19)7-20-15(13)14/h2-7,20-21H,1H3. The molecule has 1 aliphatic heterocycles. The fourth-order valence-corrected chi connectivity index (χ4v) is 4.62. The van der Waals surface area contributed by atoms with Crippen molar-refractivity contribution in [3.63, 3.8) is 0 Å². The molecule has 3 aromatic rings. The molecule has 1 aromatic heterocycles. The average molecular weight is 424 g/mol. The first kappa shape index (κ1) is 17.8. The molecule has 2 N–H and O–H groups in total. The quantitative estimate of drug-likeness (QED) is 0.629. The highest BCUT2D eigenvalue weighted by Gasteiger charge is 2.34. The van der Waals surface area contributed by atoms with Crippen molar-refractivity contribution in [2.75, 3.05) is 11.8 Å². The zero-order chi connectivity index (χ0) is 19.5. The van der Waals surface area contributed by atoms with Gasteiger partial charge in [0.2, 0.25) is 0 Å². The van der Waals surface area contributed by atoms with E-state index in [1.165, 1.54) is 43.6 Å². The molecule has 0 radical (unpaired) electrons. The topological polar surface area (TPSA) is 99.3 Å². The summed E-state index contributed by atoms with van der Waals surface area (Å²) in [6, 6.07) is 6.83. The van der Waals surface area contributed by atoms with Crippen molar-refractivity contribution in [3.8, 4) is 0 Å². The van der Waals surface area contributed by atoms with Crippen LogP contribution < -0.4 is 4.72 Å². The lowest BCUT2D eigenvalue weighted by Gasteiger charge is -2.10. The number of sulfonamides is 1. The van der Waals surface area contributed by atoms with Crippen molar-refractivity contribution in [2.24, 2.45) is 0 Å². The summed E-state index contributed by atoms with van der Waals surface area (Å²) in [4.78, 5) is 27.8. The number of halogens is 2. The summed E-state index contributed by atoms with van der Waals surface area (Å²) >= 11 is 12.2. The number of benzene rings is 2. The molecule has 27 heavy (non-hydrogen) atoms. The normalized spacial score (nSPS) is 14.1. The molecular weight excluding hydrogens is 413 g/mol. The maximum atomic E-state index is 12.8. The fraction of sp³-hybridized carbons (Fsp3) is 0.0588. The fourth-order valence-electron chi connectivity index (χ4n) is 2.96. The minimum atomic E-state index is -4.03. The average Bonchev–Trinajstić information content (AvgIpc) is 3.12. The lowest BCUT2D eigenvalue weighted by molar-refractivity contribution is 0.0693. The summed E-state index contributed by atoms with van der Waals surface area (Å²) < 4.78 is 28.1. The Morgan fingerprint density at radius 1 is 1.00 bits per heavy atom. The number of nitrogens with one attached hydrogen (secondary N) is 2. The molecular formula is C17H11Cl2N3O4S. The number of fused-ring (bicyclic) bond motifs is 2. The monoisotopic (exact) mass is 423 g/mol. The van der Waals surface area contributed by atoms with E-state index in [1.54, 1.807) is 0 Å². The Labute approximate surface area is 163 Å². The van der Waals surface area contributed by atoms with Gasteiger partial charge in [-0.3, -0.25) is 19.2 Å². The van der Waals surface area contributed by atoms with Gasteiger partial charge in [0, 0.05) is 18.6 Å². The summed E-state index contributed by atoms with van der Waals surface area (Å²) in [6.45, 7) is 0.